The Kier molecular flexibility index (Phi) is 6.07. The second kappa shape index (κ2) is 9.47. The molecule has 0 atom stereocenters. The molecular formula is C25H19ClN4O5. The highest BCUT2D eigenvalue weighted by Crippen LogP contribution is 2.35. The lowest BCUT2D eigenvalue weighted by Gasteiger charge is -2.28. The summed E-state index contributed by atoms with van der Waals surface area (Å²) in [5.41, 5.74) is 1.98. The summed E-state index contributed by atoms with van der Waals surface area (Å²) in [7, 11) is 0. The Balaban J connectivity index is 1.27. The summed E-state index contributed by atoms with van der Waals surface area (Å²) < 4.78 is 16.7. The highest BCUT2D eigenvalue weighted by molar-refractivity contribution is 6.31. The minimum Gasteiger partial charge on any atom is -0.482 e. The number of anilines is 2. The molecule has 0 aliphatic carbocycles. The fourth-order valence-electron chi connectivity index (χ4n) is 3.54. The van der Waals surface area contributed by atoms with Gasteiger partial charge in [-0.25, -0.2) is 0 Å². The Morgan fingerprint density at radius 1 is 1.09 bits per heavy atom. The Morgan fingerprint density at radius 2 is 1.80 bits per heavy atom. The van der Waals surface area contributed by atoms with Gasteiger partial charge in [-0.15, -0.1) is 0 Å². The number of hydrogen-bond acceptors (Lipinski definition) is 7. The molecule has 10 heteroatoms. The summed E-state index contributed by atoms with van der Waals surface area (Å²) in [6.07, 6.45) is 0. The molecule has 0 spiro atoms. The minimum absolute atomic E-state index is 0.0763. The first-order valence-electron chi connectivity index (χ1n) is 10.7. The summed E-state index contributed by atoms with van der Waals surface area (Å²) in [5, 5.41) is 7.24. The van der Waals surface area contributed by atoms with Gasteiger partial charge in [0.2, 0.25) is 17.6 Å². The van der Waals surface area contributed by atoms with E-state index < -0.39 is 0 Å². The second-order valence-corrected chi connectivity index (χ2v) is 8.16. The van der Waals surface area contributed by atoms with E-state index in [4.69, 9.17) is 25.6 Å². The standard InChI is InChI=1S/C25H19ClN4O5/c1-15(31)27-18-5-9-20(10-6-18)34-19-7-2-16(3-8-19)25-28-23(35-29-25)13-30-21-12-17(26)4-11-22(21)33-14-24(30)32/h2-12H,13-14H2,1H3,(H,27,31). The van der Waals surface area contributed by atoms with E-state index in [0.717, 1.165) is 5.56 Å². The molecule has 176 valence electrons. The molecule has 0 bridgehead atoms. The minimum atomic E-state index is -0.230. The SMILES string of the molecule is CC(=O)Nc1ccc(Oc2ccc(-c3noc(CN4C(=O)COc5ccc(Cl)cc54)n3)cc2)cc1. The van der Waals surface area contributed by atoms with Gasteiger partial charge >= 0.3 is 0 Å². The average Bonchev–Trinajstić information content (AvgIpc) is 3.31. The van der Waals surface area contributed by atoms with E-state index in [9.17, 15) is 9.59 Å². The maximum atomic E-state index is 12.4. The molecule has 1 aromatic heterocycles. The maximum absolute atomic E-state index is 12.4. The highest BCUT2D eigenvalue weighted by atomic mass is 35.5. The second-order valence-electron chi connectivity index (χ2n) is 7.72. The van der Waals surface area contributed by atoms with Crippen molar-refractivity contribution in [3.05, 3.63) is 77.6 Å². The first kappa shape index (κ1) is 22.4. The number of nitrogens with zero attached hydrogens (tertiary/aromatic N) is 3. The Hall–Kier alpha value is -4.37. The molecule has 1 aliphatic heterocycles. The summed E-state index contributed by atoms with van der Waals surface area (Å²) in [4.78, 5) is 29.5. The van der Waals surface area contributed by atoms with Crippen molar-refractivity contribution in [2.45, 2.75) is 13.5 Å². The predicted molar refractivity (Wildman–Crippen MR) is 129 cm³/mol. The van der Waals surface area contributed by atoms with Crippen molar-refractivity contribution in [1.29, 1.82) is 0 Å². The van der Waals surface area contributed by atoms with Crippen LogP contribution in [0.1, 0.15) is 12.8 Å². The van der Waals surface area contributed by atoms with Gasteiger partial charge in [-0.1, -0.05) is 16.8 Å². The predicted octanol–water partition coefficient (Wildman–Crippen LogP) is 5.07. The maximum Gasteiger partial charge on any atom is 0.265 e. The van der Waals surface area contributed by atoms with Crippen LogP contribution in [-0.4, -0.2) is 28.6 Å². The van der Waals surface area contributed by atoms with Crippen molar-refractivity contribution >= 4 is 34.8 Å². The van der Waals surface area contributed by atoms with Crippen LogP contribution in [0.4, 0.5) is 11.4 Å². The van der Waals surface area contributed by atoms with Gasteiger partial charge in [0.05, 0.1) is 5.69 Å². The molecule has 35 heavy (non-hydrogen) atoms. The quantitative estimate of drug-likeness (QED) is 0.402. The number of ether oxygens (including phenoxy) is 2. The zero-order valence-electron chi connectivity index (χ0n) is 18.5. The average molecular weight is 491 g/mol. The molecule has 5 rings (SSSR count). The van der Waals surface area contributed by atoms with Crippen LogP contribution in [-0.2, 0) is 16.1 Å². The monoisotopic (exact) mass is 490 g/mol. The van der Waals surface area contributed by atoms with Crippen LogP contribution < -0.4 is 19.7 Å². The van der Waals surface area contributed by atoms with Gasteiger partial charge in [-0.05, 0) is 66.7 Å². The van der Waals surface area contributed by atoms with Gasteiger partial charge in [-0.3, -0.25) is 14.5 Å². The van der Waals surface area contributed by atoms with Gasteiger partial charge in [-0.2, -0.15) is 4.98 Å². The zero-order valence-corrected chi connectivity index (χ0v) is 19.3. The van der Waals surface area contributed by atoms with Crippen LogP contribution in [0, 0.1) is 0 Å². The highest BCUT2D eigenvalue weighted by Gasteiger charge is 2.27. The van der Waals surface area contributed by atoms with Gasteiger partial charge in [0.15, 0.2) is 6.61 Å². The number of benzene rings is 3. The van der Waals surface area contributed by atoms with Crippen LogP contribution in [0.25, 0.3) is 11.4 Å². The van der Waals surface area contributed by atoms with Gasteiger partial charge in [0, 0.05) is 23.2 Å². The number of fused-ring (bicyclic) bond motifs is 1. The normalized spacial score (nSPS) is 12.6. The van der Waals surface area contributed by atoms with Crippen molar-refractivity contribution in [3.63, 3.8) is 0 Å². The van der Waals surface area contributed by atoms with Crippen molar-refractivity contribution in [1.82, 2.24) is 10.1 Å². The molecule has 4 aromatic rings. The fourth-order valence-corrected chi connectivity index (χ4v) is 3.70. The molecule has 0 radical (unpaired) electrons. The van der Waals surface area contributed by atoms with Crippen LogP contribution in [0.15, 0.2) is 71.3 Å². The van der Waals surface area contributed by atoms with E-state index in [-0.39, 0.29) is 30.9 Å². The number of aromatic nitrogens is 2. The van der Waals surface area contributed by atoms with Gasteiger partial charge in [0.1, 0.15) is 23.8 Å². The van der Waals surface area contributed by atoms with E-state index in [0.29, 0.717) is 39.5 Å². The van der Waals surface area contributed by atoms with Gasteiger partial charge in [0.25, 0.3) is 5.91 Å². The molecular weight excluding hydrogens is 472 g/mol. The number of carbonyl (C=O) groups excluding carboxylic acids is 2. The number of nitrogens with one attached hydrogen (secondary N) is 1. The molecule has 0 fully saturated rings. The van der Waals surface area contributed by atoms with E-state index in [1.54, 1.807) is 54.6 Å². The lowest BCUT2D eigenvalue weighted by molar-refractivity contribution is -0.121. The van der Waals surface area contributed by atoms with Crippen molar-refractivity contribution in [3.8, 4) is 28.6 Å². The smallest absolute Gasteiger partial charge is 0.265 e. The van der Waals surface area contributed by atoms with Crippen molar-refractivity contribution in [2.75, 3.05) is 16.8 Å². The molecule has 0 saturated carbocycles. The van der Waals surface area contributed by atoms with E-state index >= 15 is 0 Å². The topological polar surface area (TPSA) is 107 Å². The summed E-state index contributed by atoms with van der Waals surface area (Å²) in [6.45, 7) is 1.47. The first-order chi connectivity index (χ1) is 16.9. The third-order valence-corrected chi connectivity index (χ3v) is 5.38. The largest absolute Gasteiger partial charge is 0.482 e. The van der Waals surface area contributed by atoms with Crippen LogP contribution >= 0.6 is 11.6 Å². The van der Waals surface area contributed by atoms with E-state index in [2.05, 4.69) is 15.5 Å². The van der Waals surface area contributed by atoms with Crippen LogP contribution in [0.2, 0.25) is 5.02 Å². The zero-order chi connectivity index (χ0) is 24.4. The van der Waals surface area contributed by atoms with Gasteiger partial charge < -0.3 is 19.3 Å². The number of halogens is 1. The Morgan fingerprint density at radius 3 is 2.51 bits per heavy atom. The molecule has 0 saturated heterocycles. The number of amides is 2. The first-order valence-corrected chi connectivity index (χ1v) is 11.0. The van der Waals surface area contributed by atoms with Crippen LogP contribution in [0.5, 0.6) is 17.2 Å². The summed E-state index contributed by atoms with van der Waals surface area (Å²) in [6, 6.07) is 19.3. The molecule has 2 heterocycles. The number of hydrogen-bond donors (Lipinski definition) is 1. The molecule has 1 aliphatic rings. The number of carbonyl (C=O) groups is 2. The van der Waals surface area contributed by atoms with Crippen LogP contribution in [0.3, 0.4) is 0 Å². The Labute approximate surface area is 205 Å². The third-order valence-electron chi connectivity index (χ3n) is 5.15. The van der Waals surface area contributed by atoms with Crippen molar-refractivity contribution in [2.24, 2.45) is 0 Å². The van der Waals surface area contributed by atoms with E-state index in [1.807, 2.05) is 12.1 Å². The molecule has 9 nitrogen and oxygen atoms in total. The lowest BCUT2D eigenvalue weighted by Crippen LogP contribution is -2.38. The third kappa shape index (κ3) is 5.10. The fraction of sp³-hybridized carbons (Fsp3) is 0.120. The lowest BCUT2D eigenvalue weighted by atomic mass is 10.2. The Bertz CT molecular complexity index is 1390. The molecule has 2 amide bonds. The summed E-state index contributed by atoms with van der Waals surface area (Å²) >= 11 is 6.10. The molecule has 0 unspecified atom stereocenters. The molecule has 1 N–H and O–H groups in total. The summed E-state index contributed by atoms with van der Waals surface area (Å²) in [5.74, 6) is 2.12. The molecule has 3 aromatic carbocycles. The van der Waals surface area contributed by atoms with E-state index in [1.165, 1.54) is 11.8 Å². The number of rotatable bonds is 6. The van der Waals surface area contributed by atoms with Crippen molar-refractivity contribution < 1.29 is 23.6 Å².